The van der Waals surface area contributed by atoms with Crippen LogP contribution in [0.25, 0.3) is 0 Å². The summed E-state index contributed by atoms with van der Waals surface area (Å²) >= 11 is 0. The van der Waals surface area contributed by atoms with Gasteiger partial charge < -0.3 is 9.79 Å². The van der Waals surface area contributed by atoms with Crippen molar-refractivity contribution in [2.75, 3.05) is 0 Å². The third kappa shape index (κ3) is 3.91. The molecule has 0 bridgehead atoms. The minimum atomic E-state index is -2.07. The first-order valence-corrected chi connectivity index (χ1v) is 2.16. The van der Waals surface area contributed by atoms with Crippen molar-refractivity contribution in [3.63, 3.8) is 0 Å². The summed E-state index contributed by atoms with van der Waals surface area (Å²) in [6, 6.07) is 0. The molecule has 0 saturated carbocycles. The Bertz CT molecular complexity index is 53.2. The van der Waals surface area contributed by atoms with E-state index in [9.17, 15) is 0 Å². The zero-order valence-corrected chi connectivity index (χ0v) is 3.31. The highest BCUT2D eigenvalue weighted by molar-refractivity contribution is 7.50. The summed E-state index contributed by atoms with van der Waals surface area (Å²) in [6.07, 6.45) is 4.45. The molecule has 0 aromatic rings. The molecule has 0 unspecified atom stereocenters. The lowest BCUT2D eigenvalue weighted by Gasteiger charge is -1.78. The van der Waals surface area contributed by atoms with Gasteiger partial charge in [-0.25, -0.2) is 0 Å². The molecule has 2 N–H and O–H groups in total. The normalized spacial score (nSPS) is 7.60. The summed E-state index contributed by atoms with van der Waals surface area (Å²) < 4.78 is 0. The largest absolute Gasteiger partial charge is 0.340 e. The van der Waals surface area contributed by atoms with Crippen LogP contribution in [0.15, 0.2) is 0 Å². The molecular weight excluding hydrogens is 87.0 g/mol. The van der Waals surface area contributed by atoms with Gasteiger partial charge >= 0.3 is 0 Å². The quantitative estimate of drug-likeness (QED) is 0.321. The molecule has 5 heavy (non-hydrogen) atoms. The average molecular weight is 90.0 g/mol. The highest BCUT2D eigenvalue weighted by Gasteiger charge is 1.80. The molecule has 0 aliphatic carbocycles. The van der Waals surface area contributed by atoms with Crippen molar-refractivity contribution in [2.24, 2.45) is 0 Å². The maximum Gasteiger partial charge on any atom is 0.250 e. The van der Waals surface area contributed by atoms with Gasteiger partial charge in [0.15, 0.2) is 0 Å². The Balaban J connectivity index is 2.94. The molecule has 28 valence electrons. The first kappa shape index (κ1) is 4.91. The molecule has 0 amide bonds. The van der Waals surface area contributed by atoms with Crippen LogP contribution in [-0.4, -0.2) is 9.79 Å². The molecule has 0 saturated heterocycles. The van der Waals surface area contributed by atoms with E-state index >= 15 is 0 Å². The standard InChI is InChI=1S/C2H3O2P/c1-2-5(3)4/h1,3-4H. The highest BCUT2D eigenvalue weighted by atomic mass is 31.2. The molecule has 0 fully saturated rings. The third-order valence-corrected chi connectivity index (χ3v) is 0.346. The van der Waals surface area contributed by atoms with Crippen molar-refractivity contribution in [3.05, 3.63) is 0 Å². The predicted octanol–water partition coefficient (Wildman–Crippen LogP) is -0.126. The Morgan fingerprint density at radius 2 is 1.80 bits per heavy atom. The van der Waals surface area contributed by atoms with Gasteiger partial charge in [-0.05, 0) is 5.66 Å². The molecule has 0 heterocycles. The van der Waals surface area contributed by atoms with Crippen LogP contribution in [-0.2, 0) is 0 Å². The molecule has 0 aromatic carbocycles. The van der Waals surface area contributed by atoms with Gasteiger partial charge in [-0.2, -0.15) is 0 Å². The molecule has 0 rings (SSSR count). The summed E-state index contributed by atoms with van der Waals surface area (Å²) in [5.74, 6) is 0. The number of terminal acetylenes is 1. The molecule has 0 aliphatic rings. The minimum Gasteiger partial charge on any atom is -0.340 e. The van der Waals surface area contributed by atoms with Gasteiger partial charge in [-0.3, -0.25) is 0 Å². The van der Waals surface area contributed by atoms with E-state index in [0.717, 1.165) is 0 Å². The van der Waals surface area contributed by atoms with E-state index in [1.807, 2.05) is 0 Å². The Morgan fingerprint density at radius 1 is 1.60 bits per heavy atom. The fourth-order valence-electron chi connectivity index (χ4n) is 0. The van der Waals surface area contributed by atoms with Gasteiger partial charge in [0.1, 0.15) is 0 Å². The van der Waals surface area contributed by atoms with E-state index in [1.54, 1.807) is 5.66 Å². The molecule has 2 nitrogen and oxygen atoms in total. The monoisotopic (exact) mass is 90.0 g/mol. The maximum absolute atomic E-state index is 7.75. The van der Waals surface area contributed by atoms with E-state index in [1.165, 1.54) is 0 Å². The van der Waals surface area contributed by atoms with Crippen LogP contribution in [0.2, 0.25) is 0 Å². The SMILES string of the molecule is C#CP(O)O. The van der Waals surface area contributed by atoms with E-state index < -0.39 is 8.38 Å². The Morgan fingerprint density at radius 3 is 1.80 bits per heavy atom. The molecule has 0 radical (unpaired) electrons. The molecule has 0 atom stereocenters. The third-order valence-electron chi connectivity index (χ3n) is 0.115. The lowest BCUT2D eigenvalue weighted by atomic mass is 11.4. The smallest absolute Gasteiger partial charge is 0.250 e. The second-order valence-electron chi connectivity index (χ2n) is 0.419. The fraction of sp³-hybridized carbons (Fsp3) is 0. The Kier molecular flexibility index (Phi) is 2.13. The predicted molar refractivity (Wildman–Crippen MR) is 20.2 cm³/mol. The van der Waals surface area contributed by atoms with E-state index in [0.29, 0.717) is 0 Å². The van der Waals surface area contributed by atoms with Gasteiger partial charge in [-0.1, -0.05) is 0 Å². The van der Waals surface area contributed by atoms with Gasteiger partial charge in [0, 0.05) is 0 Å². The number of rotatable bonds is 0. The van der Waals surface area contributed by atoms with Crippen LogP contribution >= 0.6 is 8.38 Å². The molecule has 3 heteroatoms. The lowest BCUT2D eigenvalue weighted by Crippen LogP contribution is -1.52. The molecule has 0 aromatic heterocycles. The lowest BCUT2D eigenvalue weighted by molar-refractivity contribution is 0.498. The van der Waals surface area contributed by atoms with Gasteiger partial charge in [0.2, 0.25) is 0 Å². The summed E-state index contributed by atoms with van der Waals surface area (Å²) in [5, 5.41) is 0. The number of hydrogen-bond acceptors (Lipinski definition) is 2. The minimum absolute atomic E-state index is 1.70. The topological polar surface area (TPSA) is 40.5 Å². The summed E-state index contributed by atoms with van der Waals surface area (Å²) in [7, 11) is -2.07. The summed E-state index contributed by atoms with van der Waals surface area (Å²) in [6.45, 7) is 0. The Hall–Kier alpha value is -0.0900. The summed E-state index contributed by atoms with van der Waals surface area (Å²) in [5.41, 5.74) is 1.70. The molecule has 0 aliphatic heterocycles. The van der Waals surface area contributed by atoms with Crippen molar-refractivity contribution < 1.29 is 9.79 Å². The second kappa shape index (κ2) is 2.17. The van der Waals surface area contributed by atoms with Gasteiger partial charge in [0.05, 0.1) is 0 Å². The van der Waals surface area contributed by atoms with Crippen molar-refractivity contribution >= 4 is 8.38 Å². The molecular formula is C2H3O2P. The fourth-order valence-corrected chi connectivity index (χ4v) is 0. The van der Waals surface area contributed by atoms with Crippen LogP contribution < -0.4 is 0 Å². The van der Waals surface area contributed by atoms with Crippen LogP contribution in [0.3, 0.4) is 0 Å². The number of hydrogen-bond donors (Lipinski definition) is 2. The van der Waals surface area contributed by atoms with Crippen molar-refractivity contribution in [2.45, 2.75) is 0 Å². The van der Waals surface area contributed by atoms with Crippen LogP contribution in [0.4, 0.5) is 0 Å². The van der Waals surface area contributed by atoms with Gasteiger partial charge in [-0.15, -0.1) is 6.42 Å². The summed E-state index contributed by atoms with van der Waals surface area (Å²) in [4.78, 5) is 15.5. The van der Waals surface area contributed by atoms with E-state index in [2.05, 4.69) is 6.42 Å². The highest BCUT2D eigenvalue weighted by Crippen LogP contribution is 2.17. The zero-order valence-electron chi connectivity index (χ0n) is 2.42. The first-order chi connectivity index (χ1) is 2.27. The Labute approximate surface area is 31.4 Å². The average Bonchev–Trinajstić information content (AvgIpc) is 1.38. The van der Waals surface area contributed by atoms with Crippen LogP contribution in [0, 0.1) is 12.1 Å². The second-order valence-corrected chi connectivity index (χ2v) is 1.26. The van der Waals surface area contributed by atoms with Crippen LogP contribution in [0.5, 0.6) is 0 Å². The van der Waals surface area contributed by atoms with Crippen molar-refractivity contribution in [3.8, 4) is 12.1 Å². The van der Waals surface area contributed by atoms with Crippen molar-refractivity contribution in [1.29, 1.82) is 0 Å². The molecule has 0 spiro atoms. The van der Waals surface area contributed by atoms with E-state index in [-0.39, 0.29) is 0 Å². The van der Waals surface area contributed by atoms with E-state index in [4.69, 9.17) is 9.79 Å². The van der Waals surface area contributed by atoms with Crippen molar-refractivity contribution in [1.82, 2.24) is 0 Å². The van der Waals surface area contributed by atoms with Crippen LogP contribution in [0.1, 0.15) is 0 Å². The maximum atomic E-state index is 7.75. The first-order valence-electron chi connectivity index (χ1n) is 0.912. The zero-order chi connectivity index (χ0) is 4.28. The van der Waals surface area contributed by atoms with Gasteiger partial charge in [0.25, 0.3) is 8.38 Å².